The molecule has 0 saturated heterocycles. The monoisotopic (exact) mass is 497 g/mol. The number of nitrogens with one attached hydrogen (secondary N) is 2. The van der Waals surface area contributed by atoms with E-state index in [4.69, 9.17) is 27.9 Å². The zero-order valence-electron chi connectivity index (χ0n) is 18.0. The number of aromatic nitrogens is 1. The molecule has 2 aromatic rings. The maximum atomic E-state index is 14.0. The van der Waals surface area contributed by atoms with Gasteiger partial charge in [-0.2, -0.15) is 0 Å². The number of carboxylic acid groups (broad SMARTS) is 1. The summed E-state index contributed by atoms with van der Waals surface area (Å²) in [6, 6.07) is 5.11. The fraction of sp³-hybridized carbons (Fsp3) is 0.435. The Balaban J connectivity index is 1.38. The number of carbonyl (C=O) groups is 2. The third-order valence-corrected chi connectivity index (χ3v) is 5.83. The molecule has 33 heavy (non-hydrogen) atoms. The van der Waals surface area contributed by atoms with Crippen LogP contribution in [0.3, 0.4) is 0 Å². The van der Waals surface area contributed by atoms with Gasteiger partial charge in [0.1, 0.15) is 17.7 Å². The molecule has 2 heterocycles. The topological polar surface area (TPSA) is 101 Å². The molecule has 1 amide bonds. The number of nitrogens with zero attached hydrogens (tertiary/aromatic N) is 1. The van der Waals surface area contributed by atoms with E-state index in [1.165, 1.54) is 11.6 Å². The Morgan fingerprint density at radius 1 is 1.24 bits per heavy atom. The lowest BCUT2D eigenvalue weighted by Gasteiger charge is -2.17. The Kier molecular flexibility index (Phi) is 9.29. The first-order valence-electron chi connectivity index (χ1n) is 10.8. The molecule has 0 bridgehead atoms. The van der Waals surface area contributed by atoms with Gasteiger partial charge >= 0.3 is 5.97 Å². The number of fused-ring (bicyclic) bond motifs is 1. The first-order valence-corrected chi connectivity index (χ1v) is 11.6. The molecule has 0 aliphatic carbocycles. The number of hydrogen-bond acceptors (Lipinski definition) is 5. The summed E-state index contributed by atoms with van der Waals surface area (Å²) in [5, 5.41) is 14.8. The lowest BCUT2D eigenvalue weighted by atomic mass is 10.1. The van der Waals surface area contributed by atoms with Gasteiger partial charge in [0.05, 0.1) is 10.6 Å². The molecule has 1 atom stereocenters. The van der Waals surface area contributed by atoms with E-state index in [1.54, 1.807) is 0 Å². The zero-order valence-corrected chi connectivity index (χ0v) is 19.5. The molecule has 0 fully saturated rings. The number of amides is 1. The molecule has 3 rings (SSSR count). The van der Waals surface area contributed by atoms with Crippen molar-refractivity contribution in [3.8, 4) is 0 Å². The Morgan fingerprint density at radius 3 is 2.82 bits per heavy atom. The van der Waals surface area contributed by atoms with Crippen molar-refractivity contribution in [1.82, 2.24) is 10.3 Å². The largest absolute Gasteiger partial charge is 0.480 e. The molecule has 3 N–H and O–H groups in total. The normalized spacial score (nSPS) is 13.7. The predicted octanol–water partition coefficient (Wildman–Crippen LogP) is 4.50. The summed E-state index contributed by atoms with van der Waals surface area (Å²) in [6.45, 7) is 1.55. The van der Waals surface area contributed by atoms with E-state index < -0.39 is 29.3 Å². The number of carbonyl (C=O) groups excluding carboxylic acids is 1. The van der Waals surface area contributed by atoms with Gasteiger partial charge in [-0.15, -0.1) is 0 Å². The number of rotatable bonds is 11. The quantitative estimate of drug-likeness (QED) is 0.395. The van der Waals surface area contributed by atoms with Gasteiger partial charge in [-0.05, 0) is 55.9 Å². The van der Waals surface area contributed by atoms with E-state index in [1.807, 2.05) is 0 Å². The predicted molar refractivity (Wildman–Crippen MR) is 125 cm³/mol. The summed E-state index contributed by atoms with van der Waals surface area (Å²) in [5.41, 5.74) is 1.85. The van der Waals surface area contributed by atoms with Crippen LogP contribution >= 0.6 is 23.2 Å². The van der Waals surface area contributed by atoms with Crippen LogP contribution in [-0.4, -0.2) is 47.8 Å². The number of halogens is 3. The molecule has 0 unspecified atom stereocenters. The van der Waals surface area contributed by atoms with E-state index in [2.05, 4.69) is 27.8 Å². The Morgan fingerprint density at radius 2 is 2.06 bits per heavy atom. The number of carboxylic acids is 1. The summed E-state index contributed by atoms with van der Waals surface area (Å²) in [7, 11) is 0. The van der Waals surface area contributed by atoms with Crippen LogP contribution in [0, 0.1) is 5.82 Å². The van der Waals surface area contributed by atoms with E-state index in [9.17, 15) is 19.1 Å². The summed E-state index contributed by atoms with van der Waals surface area (Å²) in [6.07, 6.45) is 4.74. The van der Waals surface area contributed by atoms with Gasteiger partial charge in [-0.25, -0.2) is 14.2 Å². The number of unbranched alkanes of at least 4 members (excludes halogenated alkanes) is 1. The number of benzene rings is 1. The lowest BCUT2D eigenvalue weighted by molar-refractivity contribution is -0.139. The van der Waals surface area contributed by atoms with E-state index in [0.29, 0.717) is 6.61 Å². The van der Waals surface area contributed by atoms with Crippen molar-refractivity contribution in [3.63, 3.8) is 0 Å². The van der Waals surface area contributed by atoms with Gasteiger partial charge in [0, 0.05) is 36.9 Å². The molecule has 1 aromatic carbocycles. The van der Waals surface area contributed by atoms with Crippen LogP contribution in [0.15, 0.2) is 24.3 Å². The highest BCUT2D eigenvalue weighted by Crippen LogP contribution is 2.24. The molecule has 1 aromatic heterocycles. The van der Waals surface area contributed by atoms with Crippen LogP contribution in [0.25, 0.3) is 0 Å². The fourth-order valence-corrected chi connectivity index (χ4v) is 4.12. The molecule has 0 saturated carbocycles. The van der Waals surface area contributed by atoms with E-state index in [-0.39, 0.29) is 23.1 Å². The summed E-state index contributed by atoms with van der Waals surface area (Å²) in [5.74, 6) is -2.11. The maximum absolute atomic E-state index is 14.0. The van der Waals surface area contributed by atoms with Gasteiger partial charge in [-0.1, -0.05) is 29.3 Å². The average molecular weight is 498 g/mol. The van der Waals surface area contributed by atoms with Crippen LogP contribution in [-0.2, 0) is 22.4 Å². The molecule has 10 heteroatoms. The van der Waals surface area contributed by atoms with Crippen LogP contribution < -0.4 is 10.6 Å². The first-order chi connectivity index (χ1) is 15.8. The number of pyridine rings is 1. The van der Waals surface area contributed by atoms with Gasteiger partial charge in [0.15, 0.2) is 0 Å². The minimum absolute atomic E-state index is 0.0337. The highest BCUT2D eigenvalue weighted by Gasteiger charge is 2.24. The fourth-order valence-electron chi connectivity index (χ4n) is 3.57. The zero-order chi connectivity index (χ0) is 23.8. The van der Waals surface area contributed by atoms with Crippen molar-refractivity contribution in [2.75, 3.05) is 25.1 Å². The molecular weight excluding hydrogens is 472 g/mol. The van der Waals surface area contributed by atoms with Gasteiger partial charge < -0.3 is 20.5 Å². The van der Waals surface area contributed by atoms with Gasteiger partial charge in [0.25, 0.3) is 5.91 Å². The van der Waals surface area contributed by atoms with Gasteiger partial charge in [-0.3, -0.25) is 4.79 Å². The standard InChI is InChI=1S/C23H26Cl2FN3O4/c24-15-12-17(25)20(18(26)13-15)22(30)29-19(23(31)32)8-11-33-10-2-1-5-16-7-6-14-4-3-9-27-21(14)28-16/h6-7,12-13,19H,1-5,8-11H2,(H,27,28)(H,29,30)(H,31,32)/t19-/m1/s1. The van der Waals surface area contributed by atoms with Gasteiger partial charge in [0.2, 0.25) is 0 Å². The van der Waals surface area contributed by atoms with Crippen molar-refractivity contribution in [1.29, 1.82) is 0 Å². The van der Waals surface area contributed by atoms with Crippen molar-refractivity contribution >= 4 is 40.9 Å². The first kappa shape index (κ1) is 25.2. The molecule has 0 spiro atoms. The number of aryl methyl sites for hydroxylation is 2. The average Bonchev–Trinajstić information content (AvgIpc) is 2.76. The number of aliphatic carboxylic acids is 1. The smallest absolute Gasteiger partial charge is 0.326 e. The Labute approximate surface area is 201 Å². The van der Waals surface area contributed by atoms with Crippen molar-refractivity contribution in [3.05, 3.63) is 56.9 Å². The summed E-state index contributed by atoms with van der Waals surface area (Å²) >= 11 is 11.6. The van der Waals surface area contributed by atoms with E-state index in [0.717, 1.165) is 56.2 Å². The minimum atomic E-state index is -1.25. The summed E-state index contributed by atoms with van der Waals surface area (Å²) in [4.78, 5) is 28.5. The van der Waals surface area contributed by atoms with Crippen LogP contribution in [0.1, 0.15) is 47.3 Å². The Bertz CT molecular complexity index is 983. The van der Waals surface area contributed by atoms with Crippen molar-refractivity contribution < 1.29 is 23.8 Å². The maximum Gasteiger partial charge on any atom is 0.326 e. The molecule has 7 nitrogen and oxygen atoms in total. The van der Waals surface area contributed by atoms with E-state index >= 15 is 0 Å². The molecule has 0 radical (unpaired) electrons. The van der Waals surface area contributed by atoms with Crippen molar-refractivity contribution in [2.24, 2.45) is 0 Å². The highest BCUT2D eigenvalue weighted by atomic mass is 35.5. The molecule has 178 valence electrons. The number of ether oxygens (including phenoxy) is 1. The third kappa shape index (κ3) is 7.28. The lowest BCUT2D eigenvalue weighted by Crippen LogP contribution is -2.42. The highest BCUT2D eigenvalue weighted by molar-refractivity contribution is 6.36. The second-order valence-electron chi connectivity index (χ2n) is 7.81. The number of hydrogen-bond donors (Lipinski definition) is 3. The molecule has 1 aliphatic rings. The van der Waals surface area contributed by atoms with Crippen LogP contribution in [0.4, 0.5) is 10.2 Å². The molecular formula is C23H26Cl2FN3O4. The molecule has 1 aliphatic heterocycles. The third-order valence-electron chi connectivity index (χ3n) is 5.31. The Hall–Kier alpha value is -2.42. The SMILES string of the molecule is O=C(N[C@H](CCOCCCCc1ccc2c(n1)NCCC2)C(=O)O)c1c(F)cc(Cl)cc1Cl. The second-order valence-corrected chi connectivity index (χ2v) is 8.65. The van der Waals surface area contributed by atoms with Crippen molar-refractivity contribution in [2.45, 2.75) is 44.6 Å². The second kappa shape index (κ2) is 12.2. The number of anilines is 1. The minimum Gasteiger partial charge on any atom is -0.480 e. The summed E-state index contributed by atoms with van der Waals surface area (Å²) < 4.78 is 19.6. The van der Waals surface area contributed by atoms with Crippen LogP contribution in [0.5, 0.6) is 0 Å². The van der Waals surface area contributed by atoms with Crippen LogP contribution in [0.2, 0.25) is 10.0 Å².